The van der Waals surface area contributed by atoms with Gasteiger partial charge in [-0.2, -0.15) is 0 Å². The molecule has 0 unspecified atom stereocenters. The SMILES string of the molecule is Cc1cc(C)c(NC(=O)[C@@H]2CN(S(C)(=O)=O)c3cc(C(C)(C)C)ccc3O2)c(C)c1. The van der Waals surface area contributed by atoms with E-state index in [4.69, 9.17) is 4.74 Å². The van der Waals surface area contributed by atoms with Gasteiger partial charge < -0.3 is 10.1 Å². The van der Waals surface area contributed by atoms with Crippen molar-refractivity contribution in [2.75, 3.05) is 22.4 Å². The van der Waals surface area contributed by atoms with Crippen molar-refractivity contribution in [3.63, 3.8) is 0 Å². The van der Waals surface area contributed by atoms with Crippen molar-refractivity contribution in [1.82, 2.24) is 0 Å². The summed E-state index contributed by atoms with van der Waals surface area (Å²) in [5, 5.41) is 2.93. The Balaban J connectivity index is 1.95. The third kappa shape index (κ3) is 4.46. The molecule has 0 aromatic heterocycles. The summed E-state index contributed by atoms with van der Waals surface area (Å²) >= 11 is 0. The molecule has 2 aromatic rings. The Hall–Kier alpha value is -2.54. The van der Waals surface area contributed by atoms with Crippen molar-refractivity contribution in [1.29, 1.82) is 0 Å². The zero-order valence-electron chi connectivity index (χ0n) is 18.7. The number of nitrogens with zero attached hydrogens (tertiary/aromatic N) is 1. The minimum absolute atomic E-state index is 0.0742. The molecule has 7 heteroatoms. The molecule has 1 N–H and O–H groups in total. The lowest BCUT2D eigenvalue weighted by Gasteiger charge is -2.35. The molecule has 1 atom stereocenters. The maximum Gasteiger partial charge on any atom is 0.267 e. The number of hydrogen-bond acceptors (Lipinski definition) is 4. The maximum absolute atomic E-state index is 13.0. The van der Waals surface area contributed by atoms with Crippen molar-refractivity contribution >= 4 is 27.3 Å². The molecule has 0 aliphatic carbocycles. The molecule has 0 saturated heterocycles. The van der Waals surface area contributed by atoms with Crippen LogP contribution in [0.3, 0.4) is 0 Å². The Morgan fingerprint density at radius 3 is 2.23 bits per heavy atom. The smallest absolute Gasteiger partial charge is 0.267 e. The number of ether oxygens (including phenoxy) is 1. The summed E-state index contributed by atoms with van der Waals surface area (Å²) in [6.45, 7) is 12.0. The second-order valence-corrected chi connectivity index (χ2v) is 11.0. The van der Waals surface area contributed by atoms with Crippen molar-refractivity contribution in [3.8, 4) is 5.75 Å². The number of carbonyl (C=O) groups is 1. The third-order valence-corrected chi connectivity index (χ3v) is 6.46. The first kappa shape index (κ1) is 22.2. The van der Waals surface area contributed by atoms with Gasteiger partial charge in [0.1, 0.15) is 5.75 Å². The molecule has 162 valence electrons. The van der Waals surface area contributed by atoms with Crippen molar-refractivity contribution in [2.45, 2.75) is 53.1 Å². The van der Waals surface area contributed by atoms with Gasteiger partial charge >= 0.3 is 0 Å². The predicted octanol–water partition coefficient (Wildman–Crippen LogP) is 4.08. The molecular weight excluding hydrogens is 400 g/mol. The van der Waals surface area contributed by atoms with Gasteiger partial charge in [0.2, 0.25) is 10.0 Å². The van der Waals surface area contributed by atoms with Crippen LogP contribution in [0, 0.1) is 20.8 Å². The van der Waals surface area contributed by atoms with Crippen LogP contribution in [0.25, 0.3) is 0 Å². The number of rotatable bonds is 3. The zero-order valence-corrected chi connectivity index (χ0v) is 19.5. The molecule has 1 amide bonds. The minimum Gasteiger partial charge on any atom is -0.476 e. The Bertz CT molecular complexity index is 1080. The van der Waals surface area contributed by atoms with Crippen LogP contribution in [0.2, 0.25) is 0 Å². The topological polar surface area (TPSA) is 75.7 Å². The summed E-state index contributed by atoms with van der Waals surface area (Å²) in [5.41, 5.74) is 5.06. The Kier molecular flexibility index (Phi) is 5.62. The number of fused-ring (bicyclic) bond motifs is 1. The number of nitrogens with one attached hydrogen (secondary N) is 1. The molecular formula is C23H30N2O4S. The molecule has 30 heavy (non-hydrogen) atoms. The van der Waals surface area contributed by atoms with E-state index in [0.29, 0.717) is 11.4 Å². The van der Waals surface area contributed by atoms with Gasteiger partial charge in [0.15, 0.2) is 6.10 Å². The average Bonchev–Trinajstić information content (AvgIpc) is 2.61. The molecule has 1 heterocycles. The summed E-state index contributed by atoms with van der Waals surface area (Å²) in [6, 6.07) is 9.48. The number of anilines is 2. The highest BCUT2D eigenvalue weighted by Gasteiger charge is 2.36. The summed E-state index contributed by atoms with van der Waals surface area (Å²) in [4.78, 5) is 13.0. The molecule has 0 bridgehead atoms. The van der Waals surface area contributed by atoms with Gasteiger partial charge in [-0.25, -0.2) is 8.42 Å². The van der Waals surface area contributed by atoms with E-state index in [1.54, 1.807) is 6.07 Å². The number of aryl methyl sites for hydroxylation is 3. The lowest BCUT2D eigenvalue weighted by Crippen LogP contribution is -2.48. The predicted molar refractivity (Wildman–Crippen MR) is 121 cm³/mol. The highest BCUT2D eigenvalue weighted by Crippen LogP contribution is 2.38. The maximum atomic E-state index is 13.0. The highest BCUT2D eigenvalue weighted by atomic mass is 32.2. The first-order valence-electron chi connectivity index (χ1n) is 9.95. The molecule has 3 rings (SSSR count). The van der Waals surface area contributed by atoms with E-state index in [9.17, 15) is 13.2 Å². The quantitative estimate of drug-likeness (QED) is 0.796. The van der Waals surface area contributed by atoms with Crippen molar-refractivity contribution in [3.05, 3.63) is 52.6 Å². The minimum atomic E-state index is -3.59. The Morgan fingerprint density at radius 1 is 1.10 bits per heavy atom. The molecule has 0 saturated carbocycles. The van der Waals surface area contributed by atoms with Gasteiger partial charge in [-0.3, -0.25) is 9.10 Å². The average molecular weight is 431 g/mol. The van der Waals surface area contributed by atoms with Gasteiger partial charge in [-0.1, -0.05) is 44.5 Å². The van der Waals surface area contributed by atoms with E-state index < -0.39 is 16.1 Å². The first-order chi connectivity index (χ1) is 13.8. The van der Waals surface area contributed by atoms with Crippen LogP contribution in [-0.2, 0) is 20.2 Å². The van der Waals surface area contributed by atoms with Gasteiger partial charge in [0.05, 0.1) is 18.5 Å². The third-order valence-electron chi connectivity index (χ3n) is 5.31. The van der Waals surface area contributed by atoms with Crippen molar-refractivity contribution in [2.24, 2.45) is 0 Å². The second kappa shape index (κ2) is 7.61. The number of amides is 1. The molecule has 0 spiro atoms. The van der Waals surface area contributed by atoms with E-state index in [2.05, 4.69) is 26.1 Å². The fraction of sp³-hybridized carbons (Fsp3) is 0.435. The van der Waals surface area contributed by atoms with E-state index in [0.717, 1.165) is 34.2 Å². The summed E-state index contributed by atoms with van der Waals surface area (Å²) in [6.07, 6.45) is 0.197. The first-order valence-corrected chi connectivity index (χ1v) is 11.8. The number of carbonyl (C=O) groups excluding carboxylic acids is 1. The number of hydrogen-bond donors (Lipinski definition) is 1. The summed E-state index contributed by atoms with van der Waals surface area (Å²) in [7, 11) is -3.59. The lowest BCUT2D eigenvalue weighted by molar-refractivity contribution is -0.122. The molecule has 2 aromatic carbocycles. The van der Waals surface area contributed by atoms with Crippen molar-refractivity contribution < 1.29 is 17.9 Å². The van der Waals surface area contributed by atoms with E-state index in [1.807, 2.05) is 45.0 Å². The normalized spacial score (nSPS) is 16.6. The number of benzene rings is 2. The van der Waals surface area contributed by atoms with Crippen LogP contribution < -0.4 is 14.4 Å². The number of sulfonamides is 1. The van der Waals surface area contributed by atoms with Crippen LogP contribution in [0.1, 0.15) is 43.0 Å². The molecule has 6 nitrogen and oxygen atoms in total. The van der Waals surface area contributed by atoms with Gasteiger partial charge in [0, 0.05) is 5.69 Å². The van der Waals surface area contributed by atoms with Crippen LogP contribution in [0.15, 0.2) is 30.3 Å². The van der Waals surface area contributed by atoms with Crippen LogP contribution in [0.4, 0.5) is 11.4 Å². The van der Waals surface area contributed by atoms with E-state index >= 15 is 0 Å². The Morgan fingerprint density at radius 2 is 1.70 bits per heavy atom. The van der Waals surface area contributed by atoms with Gasteiger partial charge in [0.25, 0.3) is 5.91 Å². The van der Waals surface area contributed by atoms with Crippen LogP contribution >= 0.6 is 0 Å². The van der Waals surface area contributed by atoms with Crippen LogP contribution in [0.5, 0.6) is 5.75 Å². The highest BCUT2D eigenvalue weighted by molar-refractivity contribution is 7.92. The molecule has 0 radical (unpaired) electrons. The lowest BCUT2D eigenvalue weighted by atomic mass is 9.86. The summed E-state index contributed by atoms with van der Waals surface area (Å²) < 4.78 is 32.3. The Labute approximate surface area is 179 Å². The summed E-state index contributed by atoms with van der Waals surface area (Å²) in [5.74, 6) is 0.0152. The monoisotopic (exact) mass is 430 g/mol. The van der Waals surface area contributed by atoms with Crippen LogP contribution in [-0.4, -0.2) is 33.2 Å². The van der Waals surface area contributed by atoms with E-state index in [1.165, 1.54) is 4.31 Å². The van der Waals surface area contributed by atoms with Gasteiger partial charge in [-0.05, 0) is 55.0 Å². The second-order valence-electron chi connectivity index (χ2n) is 9.10. The largest absolute Gasteiger partial charge is 0.476 e. The fourth-order valence-corrected chi connectivity index (χ4v) is 4.66. The molecule has 1 aliphatic heterocycles. The van der Waals surface area contributed by atoms with Gasteiger partial charge in [-0.15, -0.1) is 0 Å². The van der Waals surface area contributed by atoms with E-state index in [-0.39, 0.29) is 17.9 Å². The zero-order chi connectivity index (χ0) is 22.4. The standard InChI is InChI=1S/C23H30N2O4S/c1-14-10-15(2)21(16(3)11-14)24-22(26)20-13-25(30(7,27)28)18-12-17(23(4,5)6)8-9-19(18)29-20/h8-12,20H,13H2,1-7H3,(H,24,26)/t20-/m0/s1. The fourth-order valence-electron chi connectivity index (χ4n) is 3.75. The molecule has 1 aliphatic rings. The molecule has 0 fully saturated rings.